The van der Waals surface area contributed by atoms with E-state index in [0.717, 1.165) is 36.0 Å². The van der Waals surface area contributed by atoms with E-state index in [0.29, 0.717) is 22.9 Å². The molecule has 0 amide bonds. The van der Waals surface area contributed by atoms with E-state index in [4.69, 9.17) is 10.5 Å². The van der Waals surface area contributed by atoms with Crippen LogP contribution < -0.4 is 21.1 Å². The summed E-state index contributed by atoms with van der Waals surface area (Å²) in [4.78, 5) is 8.66. The van der Waals surface area contributed by atoms with Crippen molar-refractivity contribution >= 4 is 28.1 Å². The Morgan fingerprint density at radius 3 is 2.96 bits per heavy atom. The van der Waals surface area contributed by atoms with Gasteiger partial charge in [-0.1, -0.05) is 0 Å². The number of fused-ring (bicyclic) bond motifs is 1. The molecule has 134 valence electrons. The number of nitrogens with zero attached hydrogens (tertiary/aromatic N) is 2. The Hall–Kier alpha value is -2.93. The lowest BCUT2D eigenvalue weighted by atomic mass is 10.1. The summed E-state index contributed by atoms with van der Waals surface area (Å²) in [6.07, 6.45) is 2.40. The quantitative estimate of drug-likeness (QED) is 0.625. The third-order valence-corrected chi connectivity index (χ3v) is 4.46. The lowest BCUT2D eigenvalue weighted by Crippen LogP contribution is -2.20. The van der Waals surface area contributed by atoms with Crippen molar-refractivity contribution < 1.29 is 9.13 Å². The molecule has 4 N–H and O–H groups in total. The largest absolute Gasteiger partial charge is 0.487 e. The summed E-state index contributed by atoms with van der Waals surface area (Å²) in [5.41, 5.74) is 8.94. The van der Waals surface area contributed by atoms with Crippen molar-refractivity contribution in [1.82, 2.24) is 15.3 Å². The van der Waals surface area contributed by atoms with Crippen molar-refractivity contribution in [3.05, 3.63) is 48.0 Å². The Kier molecular flexibility index (Phi) is 4.30. The first-order valence-electron chi connectivity index (χ1n) is 8.55. The molecule has 1 fully saturated rings. The Balaban J connectivity index is 1.72. The van der Waals surface area contributed by atoms with Crippen molar-refractivity contribution in [3.8, 4) is 5.75 Å². The third kappa shape index (κ3) is 3.25. The molecule has 26 heavy (non-hydrogen) atoms. The van der Waals surface area contributed by atoms with Crippen LogP contribution in [0.25, 0.3) is 10.9 Å². The summed E-state index contributed by atoms with van der Waals surface area (Å²) < 4.78 is 19.8. The second kappa shape index (κ2) is 6.76. The molecule has 6 nitrogen and oxygen atoms in total. The highest BCUT2D eigenvalue weighted by atomic mass is 19.1. The van der Waals surface area contributed by atoms with Gasteiger partial charge in [-0.2, -0.15) is 0 Å². The van der Waals surface area contributed by atoms with Crippen LogP contribution in [0.15, 0.2) is 36.7 Å². The molecular weight excluding hydrogens is 333 g/mol. The van der Waals surface area contributed by atoms with E-state index in [-0.39, 0.29) is 11.9 Å². The molecule has 1 unspecified atom stereocenters. The zero-order valence-corrected chi connectivity index (χ0v) is 14.4. The van der Waals surface area contributed by atoms with Gasteiger partial charge in [-0.3, -0.25) is 0 Å². The molecule has 2 heterocycles. The monoisotopic (exact) mass is 353 g/mol. The van der Waals surface area contributed by atoms with E-state index in [1.807, 2.05) is 19.1 Å². The van der Waals surface area contributed by atoms with Crippen LogP contribution in [0.3, 0.4) is 0 Å². The summed E-state index contributed by atoms with van der Waals surface area (Å²) in [6.45, 7) is 3.62. The van der Waals surface area contributed by atoms with Crippen LogP contribution in [0.5, 0.6) is 5.75 Å². The Labute approximate surface area is 150 Å². The lowest BCUT2D eigenvalue weighted by molar-refractivity contribution is 0.223. The fraction of sp³-hybridized carbons (Fsp3) is 0.263. The van der Waals surface area contributed by atoms with Crippen molar-refractivity contribution in [1.29, 1.82) is 0 Å². The summed E-state index contributed by atoms with van der Waals surface area (Å²) in [5, 5.41) is 7.39. The number of nitrogens with one attached hydrogen (secondary N) is 2. The van der Waals surface area contributed by atoms with Gasteiger partial charge in [0, 0.05) is 23.7 Å². The van der Waals surface area contributed by atoms with E-state index in [2.05, 4.69) is 20.6 Å². The topological polar surface area (TPSA) is 85.1 Å². The molecule has 2 aromatic carbocycles. The maximum absolute atomic E-state index is 13.8. The van der Waals surface area contributed by atoms with Gasteiger partial charge in [-0.25, -0.2) is 14.4 Å². The third-order valence-electron chi connectivity index (χ3n) is 4.46. The van der Waals surface area contributed by atoms with E-state index in [9.17, 15) is 4.39 Å². The number of nitrogens with two attached hydrogens (primary N) is 1. The smallest absolute Gasteiger partial charge is 0.146 e. The van der Waals surface area contributed by atoms with Crippen LogP contribution in [0.2, 0.25) is 0 Å². The van der Waals surface area contributed by atoms with Crippen molar-refractivity contribution in [2.75, 3.05) is 24.1 Å². The SMILES string of the molecule is Cc1cc(N)cc2ncnc(Nc3ccc(F)cc3OC3CCNC3)c12. The van der Waals surface area contributed by atoms with Gasteiger partial charge < -0.3 is 21.1 Å². The second-order valence-corrected chi connectivity index (χ2v) is 6.45. The number of hydrogen-bond acceptors (Lipinski definition) is 6. The highest BCUT2D eigenvalue weighted by Crippen LogP contribution is 2.33. The van der Waals surface area contributed by atoms with Gasteiger partial charge in [-0.15, -0.1) is 0 Å². The van der Waals surface area contributed by atoms with E-state index < -0.39 is 0 Å². The molecule has 0 spiro atoms. The number of aryl methyl sites for hydroxylation is 1. The van der Waals surface area contributed by atoms with Gasteiger partial charge in [-0.05, 0) is 49.7 Å². The van der Waals surface area contributed by atoms with E-state index in [1.54, 1.807) is 6.07 Å². The Bertz CT molecular complexity index is 956. The minimum atomic E-state index is -0.340. The summed E-state index contributed by atoms with van der Waals surface area (Å²) >= 11 is 0. The predicted octanol–water partition coefficient (Wildman–Crippen LogP) is 3.14. The number of nitrogen functional groups attached to an aromatic ring is 1. The summed E-state index contributed by atoms with van der Waals surface area (Å²) in [5.74, 6) is 0.764. The predicted molar refractivity (Wildman–Crippen MR) is 100 cm³/mol. The number of anilines is 3. The molecule has 1 aliphatic heterocycles. The number of benzene rings is 2. The van der Waals surface area contributed by atoms with E-state index >= 15 is 0 Å². The fourth-order valence-corrected chi connectivity index (χ4v) is 3.25. The molecule has 0 aliphatic carbocycles. The number of aromatic nitrogens is 2. The first kappa shape index (κ1) is 16.5. The number of hydrogen-bond donors (Lipinski definition) is 3. The number of rotatable bonds is 4. The fourth-order valence-electron chi connectivity index (χ4n) is 3.25. The zero-order chi connectivity index (χ0) is 18.1. The van der Waals surface area contributed by atoms with Gasteiger partial charge in [0.05, 0.1) is 11.2 Å². The van der Waals surface area contributed by atoms with Crippen LogP contribution in [0.1, 0.15) is 12.0 Å². The first-order valence-corrected chi connectivity index (χ1v) is 8.55. The minimum Gasteiger partial charge on any atom is -0.487 e. The van der Waals surface area contributed by atoms with E-state index in [1.165, 1.54) is 18.5 Å². The van der Waals surface area contributed by atoms with Crippen LogP contribution in [-0.2, 0) is 0 Å². The van der Waals surface area contributed by atoms with Crippen LogP contribution >= 0.6 is 0 Å². The minimum absolute atomic E-state index is 0.0287. The first-order chi connectivity index (χ1) is 12.6. The van der Waals surface area contributed by atoms with Crippen molar-refractivity contribution in [2.24, 2.45) is 0 Å². The lowest BCUT2D eigenvalue weighted by Gasteiger charge is -2.18. The second-order valence-electron chi connectivity index (χ2n) is 6.45. The molecule has 1 saturated heterocycles. The molecule has 0 radical (unpaired) electrons. The van der Waals surface area contributed by atoms with Crippen LogP contribution in [0.4, 0.5) is 21.6 Å². The van der Waals surface area contributed by atoms with Crippen molar-refractivity contribution in [2.45, 2.75) is 19.4 Å². The van der Waals surface area contributed by atoms with Gasteiger partial charge in [0.1, 0.15) is 29.8 Å². The molecule has 0 bridgehead atoms. The molecular formula is C19H20FN5O. The highest BCUT2D eigenvalue weighted by Gasteiger charge is 2.19. The van der Waals surface area contributed by atoms with Gasteiger partial charge >= 0.3 is 0 Å². The normalized spacial score (nSPS) is 16.8. The van der Waals surface area contributed by atoms with Crippen molar-refractivity contribution in [3.63, 3.8) is 0 Å². The number of ether oxygens (including phenoxy) is 1. The molecule has 7 heteroatoms. The number of halogens is 1. The molecule has 1 aliphatic rings. The van der Waals surface area contributed by atoms with Gasteiger partial charge in [0.15, 0.2) is 0 Å². The molecule has 4 rings (SSSR count). The Morgan fingerprint density at radius 2 is 2.15 bits per heavy atom. The molecule has 0 saturated carbocycles. The Morgan fingerprint density at radius 1 is 1.27 bits per heavy atom. The summed E-state index contributed by atoms with van der Waals surface area (Å²) in [7, 11) is 0. The average Bonchev–Trinajstić information content (AvgIpc) is 3.10. The van der Waals surface area contributed by atoms with Gasteiger partial charge in [0.2, 0.25) is 0 Å². The van der Waals surface area contributed by atoms with Gasteiger partial charge in [0.25, 0.3) is 0 Å². The maximum atomic E-state index is 13.8. The highest BCUT2D eigenvalue weighted by molar-refractivity contribution is 5.95. The molecule has 3 aromatic rings. The zero-order valence-electron chi connectivity index (χ0n) is 14.4. The standard InChI is InChI=1S/C19H20FN5O/c1-11-6-13(21)8-16-18(11)19(24-10-23-16)25-15-3-2-12(20)7-17(15)26-14-4-5-22-9-14/h2-3,6-8,10,14,22H,4-5,9,21H2,1H3,(H,23,24,25). The molecule has 1 aromatic heterocycles. The van der Waals surface area contributed by atoms with Crippen LogP contribution in [0, 0.1) is 12.7 Å². The van der Waals surface area contributed by atoms with Crippen LogP contribution in [-0.4, -0.2) is 29.2 Å². The molecule has 1 atom stereocenters. The summed E-state index contributed by atoms with van der Waals surface area (Å²) in [6, 6.07) is 8.14. The maximum Gasteiger partial charge on any atom is 0.146 e. The average molecular weight is 353 g/mol.